The van der Waals surface area contributed by atoms with Gasteiger partial charge in [0.15, 0.2) is 0 Å². The van der Waals surface area contributed by atoms with Crippen LogP contribution in [0, 0.1) is 34.0 Å². The van der Waals surface area contributed by atoms with E-state index in [1.807, 2.05) is 12.1 Å². The van der Waals surface area contributed by atoms with Gasteiger partial charge in [-0.2, -0.15) is 15.8 Å². The first-order valence-corrected chi connectivity index (χ1v) is 4.48. The molecule has 5 nitrogen and oxygen atoms in total. The minimum absolute atomic E-state index is 0.194. The van der Waals surface area contributed by atoms with Crippen LogP contribution in [0.2, 0.25) is 0 Å². The highest BCUT2D eigenvalue weighted by Crippen LogP contribution is 2.18. The third-order valence-electron chi connectivity index (χ3n) is 2.01. The van der Waals surface area contributed by atoms with Gasteiger partial charge in [-0.15, -0.1) is 0 Å². The molecule has 1 aromatic rings. The minimum atomic E-state index is -0.364. The molecule has 0 fully saturated rings. The molecule has 1 N–H and O–H groups in total. The van der Waals surface area contributed by atoms with Crippen LogP contribution in [0.15, 0.2) is 0 Å². The summed E-state index contributed by atoms with van der Waals surface area (Å²) >= 11 is 0. The molecule has 0 saturated carbocycles. The van der Waals surface area contributed by atoms with Crippen LogP contribution in [0.5, 0.6) is 0 Å². The molecule has 0 radical (unpaired) electrons. The first-order valence-electron chi connectivity index (χ1n) is 4.48. The van der Waals surface area contributed by atoms with E-state index < -0.39 is 0 Å². The number of hydrogen-bond acceptors (Lipinski definition) is 4. The van der Waals surface area contributed by atoms with Gasteiger partial charge in [0.1, 0.15) is 6.07 Å². The molecule has 1 atom stereocenters. The number of rotatable bonds is 3. The van der Waals surface area contributed by atoms with E-state index in [0.29, 0.717) is 24.2 Å². The van der Waals surface area contributed by atoms with Crippen molar-refractivity contribution in [2.45, 2.75) is 25.7 Å². The van der Waals surface area contributed by atoms with Crippen LogP contribution in [-0.2, 0) is 6.42 Å². The van der Waals surface area contributed by atoms with E-state index in [0.717, 1.165) is 0 Å². The Morgan fingerprint density at radius 1 is 1.40 bits per heavy atom. The number of nitrogens with one attached hydrogen (secondary N) is 1. The lowest BCUT2D eigenvalue weighted by molar-refractivity contribution is 0.874. The van der Waals surface area contributed by atoms with Gasteiger partial charge in [0.25, 0.3) is 0 Å². The first-order chi connectivity index (χ1) is 7.22. The maximum Gasteiger partial charge on any atom is 0.210 e. The van der Waals surface area contributed by atoms with E-state index in [1.165, 1.54) is 0 Å². The van der Waals surface area contributed by atoms with Gasteiger partial charge in [-0.25, -0.2) is 4.98 Å². The van der Waals surface area contributed by atoms with Crippen LogP contribution in [0.3, 0.4) is 0 Å². The zero-order valence-corrected chi connectivity index (χ0v) is 8.28. The number of imidazole rings is 1. The number of H-pyrrole nitrogens is 1. The molecule has 5 heteroatoms. The van der Waals surface area contributed by atoms with Crippen molar-refractivity contribution in [1.82, 2.24) is 9.97 Å². The van der Waals surface area contributed by atoms with Crippen molar-refractivity contribution in [2.75, 3.05) is 0 Å². The molecule has 0 aliphatic heterocycles. The summed E-state index contributed by atoms with van der Waals surface area (Å²) in [7, 11) is 0. The highest BCUT2D eigenvalue weighted by atomic mass is 14.9. The fourth-order valence-electron chi connectivity index (χ4n) is 1.27. The maximum absolute atomic E-state index is 8.77. The van der Waals surface area contributed by atoms with Gasteiger partial charge in [0, 0.05) is 18.5 Å². The molecule has 0 saturated heterocycles. The Kier molecular flexibility index (Phi) is 3.43. The second kappa shape index (κ2) is 4.79. The molecule has 1 rings (SSSR count). The average Bonchev–Trinajstić information content (AvgIpc) is 2.68. The zero-order chi connectivity index (χ0) is 11.3. The largest absolute Gasteiger partial charge is 0.333 e. The summed E-state index contributed by atoms with van der Waals surface area (Å²) < 4.78 is 0. The molecule has 0 bridgehead atoms. The Labute approximate surface area is 87.6 Å². The zero-order valence-electron chi connectivity index (χ0n) is 8.28. The number of aromatic nitrogens is 2. The molecule has 74 valence electrons. The number of hydrogen-bond donors (Lipinski definition) is 1. The smallest absolute Gasteiger partial charge is 0.210 e. The average molecular weight is 199 g/mol. The maximum atomic E-state index is 8.77. The highest BCUT2D eigenvalue weighted by molar-refractivity contribution is 5.27. The van der Waals surface area contributed by atoms with Gasteiger partial charge in [-0.1, -0.05) is 0 Å². The summed E-state index contributed by atoms with van der Waals surface area (Å²) in [5.74, 6) is -0.169. The van der Waals surface area contributed by atoms with Crippen molar-refractivity contribution >= 4 is 0 Å². The molecule has 0 spiro atoms. The molecule has 1 unspecified atom stereocenters. The van der Waals surface area contributed by atoms with Gasteiger partial charge in [0.05, 0.1) is 23.8 Å². The molecule has 0 aliphatic carbocycles. The summed E-state index contributed by atoms with van der Waals surface area (Å²) in [5.41, 5.74) is 1.28. The standard InChI is InChI=1S/C10H9N5/c1-7(5-12)10-8(3-2-4-11)14-9(6-13)15-10/h7H,2-3H2,1H3,(H,14,15). The molecule has 0 amide bonds. The van der Waals surface area contributed by atoms with Crippen molar-refractivity contribution in [1.29, 1.82) is 15.8 Å². The molecule has 1 aromatic heterocycles. The normalized spacial score (nSPS) is 11.1. The van der Waals surface area contributed by atoms with Crippen molar-refractivity contribution in [3.05, 3.63) is 17.2 Å². The molecular weight excluding hydrogens is 190 g/mol. The van der Waals surface area contributed by atoms with Gasteiger partial charge in [-0.05, 0) is 6.92 Å². The first kappa shape index (κ1) is 10.8. The number of nitriles is 3. The predicted octanol–water partition coefficient (Wildman–Crippen LogP) is 1.36. The van der Waals surface area contributed by atoms with Crippen LogP contribution in [0.25, 0.3) is 0 Å². The molecule has 1 heterocycles. The topological polar surface area (TPSA) is 100 Å². The SMILES string of the molecule is CC(C#N)c1nc(C#N)[nH]c1CCC#N. The lowest BCUT2D eigenvalue weighted by Crippen LogP contribution is -1.96. The van der Waals surface area contributed by atoms with Crippen molar-refractivity contribution in [2.24, 2.45) is 0 Å². The highest BCUT2D eigenvalue weighted by Gasteiger charge is 2.15. The van der Waals surface area contributed by atoms with Gasteiger partial charge in [0.2, 0.25) is 5.82 Å². The van der Waals surface area contributed by atoms with Crippen LogP contribution in [0.1, 0.15) is 36.5 Å². The minimum Gasteiger partial charge on any atom is -0.333 e. The van der Waals surface area contributed by atoms with E-state index in [1.54, 1.807) is 6.92 Å². The summed E-state index contributed by atoms with van der Waals surface area (Å²) in [4.78, 5) is 6.81. The van der Waals surface area contributed by atoms with Crippen LogP contribution >= 0.6 is 0 Å². The Morgan fingerprint density at radius 2 is 2.13 bits per heavy atom. The third kappa shape index (κ3) is 2.33. The van der Waals surface area contributed by atoms with Gasteiger partial charge < -0.3 is 4.98 Å². The van der Waals surface area contributed by atoms with E-state index in [4.69, 9.17) is 15.8 Å². The van der Waals surface area contributed by atoms with Crippen LogP contribution in [-0.4, -0.2) is 9.97 Å². The second-order valence-electron chi connectivity index (χ2n) is 3.07. The van der Waals surface area contributed by atoms with Crippen LogP contribution < -0.4 is 0 Å². The molecule has 15 heavy (non-hydrogen) atoms. The summed E-state index contributed by atoms with van der Waals surface area (Å²) in [6, 6.07) is 5.96. The van der Waals surface area contributed by atoms with Gasteiger partial charge >= 0.3 is 0 Å². The predicted molar refractivity (Wildman–Crippen MR) is 51.3 cm³/mol. The van der Waals surface area contributed by atoms with Crippen LogP contribution in [0.4, 0.5) is 0 Å². The Morgan fingerprint density at radius 3 is 2.67 bits per heavy atom. The van der Waals surface area contributed by atoms with Gasteiger partial charge in [-0.3, -0.25) is 0 Å². The molecule has 0 aromatic carbocycles. The fourth-order valence-corrected chi connectivity index (χ4v) is 1.27. The third-order valence-corrected chi connectivity index (χ3v) is 2.01. The lowest BCUT2D eigenvalue weighted by atomic mass is 10.1. The Balaban J connectivity index is 3.04. The second-order valence-corrected chi connectivity index (χ2v) is 3.07. The monoisotopic (exact) mass is 199 g/mol. The Bertz CT molecular complexity index is 465. The van der Waals surface area contributed by atoms with E-state index in [2.05, 4.69) is 16.0 Å². The number of aryl methyl sites for hydroxylation is 1. The summed E-state index contributed by atoms with van der Waals surface area (Å²) in [6.45, 7) is 1.72. The van der Waals surface area contributed by atoms with E-state index >= 15 is 0 Å². The van der Waals surface area contributed by atoms with Crippen molar-refractivity contribution < 1.29 is 0 Å². The van der Waals surface area contributed by atoms with E-state index in [-0.39, 0.29) is 11.7 Å². The Hall–Kier alpha value is -2.32. The van der Waals surface area contributed by atoms with E-state index in [9.17, 15) is 0 Å². The summed E-state index contributed by atoms with van der Waals surface area (Å²) in [5, 5.41) is 25.9. The number of aromatic amines is 1. The fraction of sp³-hybridized carbons (Fsp3) is 0.400. The van der Waals surface area contributed by atoms with Crippen molar-refractivity contribution in [3.8, 4) is 18.2 Å². The van der Waals surface area contributed by atoms with Crippen molar-refractivity contribution in [3.63, 3.8) is 0 Å². The molecule has 0 aliphatic rings. The number of nitrogens with zero attached hydrogens (tertiary/aromatic N) is 4. The molecular formula is C10H9N5. The lowest BCUT2D eigenvalue weighted by Gasteiger charge is -2.00. The quantitative estimate of drug-likeness (QED) is 0.794. The summed E-state index contributed by atoms with van der Waals surface area (Å²) in [6.07, 6.45) is 0.838.